The zero-order chi connectivity index (χ0) is 15.2. The van der Waals surface area contributed by atoms with Crippen molar-refractivity contribution in [1.82, 2.24) is 4.90 Å². The SMILES string of the molecule is Cc1ccc(C(C)N(CCN)Cc2ccccc2)cc1C. The van der Waals surface area contributed by atoms with E-state index in [1.54, 1.807) is 0 Å². The normalized spacial score (nSPS) is 12.6. The molecule has 2 heteroatoms. The number of aryl methyl sites for hydroxylation is 2. The first-order valence-electron chi connectivity index (χ1n) is 7.67. The monoisotopic (exact) mass is 282 g/mol. The van der Waals surface area contributed by atoms with Crippen LogP contribution in [0.25, 0.3) is 0 Å². The molecule has 0 heterocycles. The molecule has 0 spiro atoms. The summed E-state index contributed by atoms with van der Waals surface area (Å²) in [5, 5.41) is 0. The molecule has 1 atom stereocenters. The molecule has 0 fully saturated rings. The highest BCUT2D eigenvalue weighted by Gasteiger charge is 2.15. The average molecular weight is 282 g/mol. The predicted octanol–water partition coefficient (Wildman–Crippen LogP) is 3.83. The third kappa shape index (κ3) is 4.16. The quantitative estimate of drug-likeness (QED) is 0.872. The lowest BCUT2D eigenvalue weighted by Crippen LogP contribution is -2.31. The maximum absolute atomic E-state index is 5.81. The van der Waals surface area contributed by atoms with Crippen LogP contribution in [0.1, 0.15) is 35.2 Å². The van der Waals surface area contributed by atoms with Crippen molar-refractivity contribution in [2.24, 2.45) is 5.73 Å². The van der Waals surface area contributed by atoms with Crippen LogP contribution in [0, 0.1) is 13.8 Å². The van der Waals surface area contributed by atoms with Crippen molar-refractivity contribution >= 4 is 0 Å². The third-order valence-electron chi connectivity index (χ3n) is 4.21. The summed E-state index contributed by atoms with van der Waals surface area (Å²) in [6.07, 6.45) is 0. The third-order valence-corrected chi connectivity index (χ3v) is 4.21. The Bertz CT molecular complexity index is 563. The minimum absolute atomic E-state index is 0.369. The van der Waals surface area contributed by atoms with E-state index in [9.17, 15) is 0 Å². The van der Waals surface area contributed by atoms with Crippen molar-refractivity contribution < 1.29 is 0 Å². The predicted molar refractivity (Wildman–Crippen MR) is 90.2 cm³/mol. The lowest BCUT2D eigenvalue weighted by atomic mass is 10.0. The molecule has 112 valence electrons. The summed E-state index contributed by atoms with van der Waals surface area (Å²) in [4.78, 5) is 2.44. The Morgan fingerprint density at radius 3 is 2.33 bits per heavy atom. The van der Waals surface area contributed by atoms with Crippen LogP contribution >= 0.6 is 0 Å². The summed E-state index contributed by atoms with van der Waals surface area (Å²) in [7, 11) is 0. The summed E-state index contributed by atoms with van der Waals surface area (Å²) in [6, 6.07) is 17.7. The zero-order valence-electron chi connectivity index (χ0n) is 13.3. The molecule has 0 aliphatic rings. The number of benzene rings is 2. The number of nitrogens with zero attached hydrogens (tertiary/aromatic N) is 1. The molecule has 0 aliphatic carbocycles. The lowest BCUT2D eigenvalue weighted by Gasteiger charge is -2.29. The van der Waals surface area contributed by atoms with E-state index in [1.807, 2.05) is 0 Å². The first-order valence-corrected chi connectivity index (χ1v) is 7.67. The van der Waals surface area contributed by atoms with Crippen molar-refractivity contribution in [1.29, 1.82) is 0 Å². The summed E-state index contributed by atoms with van der Waals surface area (Å²) in [5.74, 6) is 0. The summed E-state index contributed by atoms with van der Waals surface area (Å²) in [5.41, 5.74) is 11.2. The van der Waals surface area contributed by atoms with Crippen molar-refractivity contribution in [3.63, 3.8) is 0 Å². The second kappa shape index (κ2) is 7.39. The highest BCUT2D eigenvalue weighted by Crippen LogP contribution is 2.24. The van der Waals surface area contributed by atoms with E-state index in [4.69, 9.17) is 5.73 Å². The van der Waals surface area contributed by atoms with Gasteiger partial charge in [-0.2, -0.15) is 0 Å². The molecule has 21 heavy (non-hydrogen) atoms. The molecule has 0 amide bonds. The van der Waals surface area contributed by atoms with Gasteiger partial charge in [0.2, 0.25) is 0 Å². The Labute approximate surface area is 128 Å². The van der Waals surface area contributed by atoms with Crippen molar-refractivity contribution in [3.8, 4) is 0 Å². The summed E-state index contributed by atoms with van der Waals surface area (Å²) >= 11 is 0. The first-order chi connectivity index (χ1) is 10.1. The van der Waals surface area contributed by atoms with Crippen LogP contribution in [0.2, 0.25) is 0 Å². The van der Waals surface area contributed by atoms with Gasteiger partial charge in [0.05, 0.1) is 0 Å². The van der Waals surface area contributed by atoms with Gasteiger partial charge in [-0.3, -0.25) is 4.90 Å². The highest BCUT2D eigenvalue weighted by molar-refractivity contribution is 5.31. The fraction of sp³-hybridized carbons (Fsp3) is 0.368. The minimum atomic E-state index is 0.369. The van der Waals surface area contributed by atoms with Crippen LogP contribution in [0.4, 0.5) is 0 Å². The molecular formula is C19H26N2. The Hall–Kier alpha value is -1.64. The van der Waals surface area contributed by atoms with Gasteiger partial charge in [0, 0.05) is 25.7 Å². The molecule has 0 saturated heterocycles. The Morgan fingerprint density at radius 1 is 1.00 bits per heavy atom. The molecule has 2 rings (SSSR count). The van der Waals surface area contributed by atoms with Gasteiger partial charge in [0.15, 0.2) is 0 Å². The summed E-state index contributed by atoms with van der Waals surface area (Å²) < 4.78 is 0. The maximum atomic E-state index is 5.81. The van der Waals surface area contributed by atoms with Crippen LogP contribution < -0.4 is 5.73 Å². The molecule has 2 nitrogen and oxygen atoms in total. The van der Waals surface area contributed by atoms with Gasteiger partial charge in [-0.15, -0.1) is 0 Å². The molecule has 0 aromatic heterocycles. The van der Waals surface area contributed by atoms with Crippen LogP contribution in [0.3, 0.4) is 0 Å². The summed E-state index contributed by atoms with van der Waals surface area (Å²) in [6.45, 7) is 9.13. The largest absolute Gasteiger partial charge is 0.329 e. The second-order valence-corrected chi connectivity index (χ2v) is 5.76. The second-order valence-electron chi connectivity index (χ2n) is 5.76. The Balaban J connectivity index is 2.18. The molecule has 0 saturated carbocycles. The van der Waals surface area contributed by atoms with E-state index in [2.05, 4.69) is 74.2 Å². The maximum Gasteiger partial charge on any atom is 0.0324 e. The van der Waals surface area contributed by atoms with E-state index < -0.39 is 0 Å². The van der Waals surface area contributed by atoms with Crippen LogP contribution in [0.5, 0.6) is 0 Å². The Kier molecular flexibility index (Phi) is 5.54. The van der Waals surface area contributed by atoms with Crippen LogP contribution in [0.15, 0.2) is 48.5 Å². The molecule has 2 aromatic rings. The van der Waals surface area contributed by atoms with Crippen LogP contribution in [-0.4, -0.2) is 18.0 Å². The van der Waals surface area contributed by atoms with E-state index in [0.29, 0.717) is 12.6 Å². The van der Waals surface area contributed by atoms with E-state index in [0.717, 1.165) is 13.1 Å². The number of hydrogen-bond donors (Lipinski definition) is 1. The standard InChI is InChI=1S/C19H26N2/c1-15-9-10-19(13-16(15)2)17(3)21(12-11-20)14-18-7-5-4-6-8-18/h4-10,13,17H,11-12,14,20H2,1-3H3. The van der Waals surface area contributed by atoms with E-state index in [1.165, 1.54) is 22.3 Å². The molecule has 0 aliphatic heterocycles. The van der Waals surface area contributed by atoms with Crippen molar-refractivity contribution in [2.45, 2.75) is 33.4 Å². The van der Waals surface area contributed by atoms with Gasteiger partial charge in [-0.05, 0) is 43.0 Å². The van der Waals surface area contributed by atoms with Gasteiger partial charge in [0.25, 0.3) is 0 Å². The van der Waals surface area contributed by atoms with Gasteiger partial charge in [-0.25, -0.2) is 0 Å². The Morgan fingerprint density at radius 2 is 1.71 bits per heavy atom. The topological polar surface area (TPSA) is 29.3 Å². The smallest absolute Gasteiger partial charge is 0.0324 e. The molecule has 1 unspecified atom stereocenters. The van der Waals surface area contributed by atoms with Gasteiger partial charge < -0.3 is 5.73 Å². The first kappa shape index (κ1) is 15.7. The van der Waals surface area contributed by atoms with Crippen molar-refractivity contribution in [2.75, 3.05) is 13.1 Å². The average Bonchev–Trinajstić information content (AvgIpc) is 2.50. The zero-order valence-corrected chi connectivity index (χ0v) is 13.3. The minimum Gasteiger partial charge on any atom is -0.329 e. The fourth-order valence-corrected chi connectivity index (χ4v) is 2.63. The lowest BCUT2D eigenvalue weighted by molar-refractivity contribution is 0.207. The van der Waals surface area contributed by atoms with E-state index >= 15 is 0 Å². The molecular weight excluding hydrogens is 256 g/mol. The van der Waals surface area contributed by atoms with Gasteiger partial charge in [-0.1, -0.05) is 48.5 Å². The fourth-order valence-electron chi connectivity index (χ4n) is 2.63. The molecule has 2 N–H and O–H groups in total. The molecule has 0 bridgehead atoms. The van der Waals surface area contributed by atoms with Gasteiger partial charge >= 0.3 is 0 Å². The highest BCUT2D eigenvalue weighted by atomic mass is 15.2. The van der Waals surface area contributed by atoms with Crippen molar-refractivity contribution in [3.05, 3.63) is 70.8 Å². The van der Waals surface area contributed by atoms with Gasteiger partial charge in [0.1, 0.15) is 0 Å². The van der Waals surface area contributed by atoms with E-state index in [-0.39, 0.29) is 0 Å². The van der Waals surface area contributed by atoms with Crippen LogP contribution in [-0.2, 0) is 6.54 Å². The number of rotatable bonds is 6. The number of nitrogens with two attached hydrogens (primary N) is 1. The molecule has 2 aromatic carbocycles. The molecule has 0 radical (unpaired) electrons. The number of hydrogen-bond acceptors (Lipinski definition) is 2.